The van der Waals surface area contributed by atoms with Crippen LogP contribution in [0, 0.1) is 11.8 Å². The molecule has 1 aliphatic carbocycles. The number of rotatable bonds is 4. The van der Waals surface area contributed by atoms with Gasteiger partial charge in [0.2, 0.25) is 0 Å². The van der Waals surface area contributed by atoms with Crippen LogP contribution in [-0.4, -0.2) is 20.8 Å². The molecular weight excluding hydrogens is 212 g/mol. The van der Waals surface area contributed by atoms with E-state index in [2.05, 4.69) is 17.0 Å². The van der Waals surface area contributed by atoms with Gasteiger partial charge in [0.25, 0.3) is 0 Å². The van der Waals surface area contributed by atoms with Gasteiger partial charge in [-0.3, -0.25) is 4.68 Å². The van der Waals surface area contributed by atoms with E-state index in [4.69, 9.17) is 5.73 Å². The maximum absolute atomic E-state index is 6.25. The predicted octanol–water partition coefficient (Wildman–Crippen LogP) is 1.90. The normalized spacial score (nSPS) is 29.5. The van der Waals surface area contributed by atoms with Crippen molar-refractivity contribution >= 4 is 0 Å². The van der Waals surface area contributed by atoms with E-state index in [9.17, 15) is 0 Å². The standard InChI is InChI=1S/C13H24N4/c1-3-4-10-5-6-12(14)11(7-10)8-13-15-9-16-17(13)2/h9-12H,3-8,14H2,1-2H3. The molecule has 0 amide bonds. The first-order valence-electron chi connectivity index (χ1n) is 6.79. The van der Waals surface area contributed by atoms with Gasteiger partial charge >= 0.3 is 0 Å². The maximum atomic E-state index is 6.25. The average molecular weight is 236 g/mol. The smallest absolute Gasteiger partial charge is 0.138 e. The molecule has 0 saturated heterocycles. The van der Waals surface area contributed by atoms with Crippen LogP contribution in [0.5, 0.6) is 0 Å². The van der Waals surface area contributed by atoms with E-state index < -0.39 is 0 Å². The van der Waals surface area contributed by atoms with E-state index >= 15 is 0 Å². The summed E-state index contributed by atoms with van der Waals surface area (Å²) >= 11 is 0. The summed E-state index contributed by atoms with van der Waals surface area (Å²) < 4.78 is 1.87. The number of aromatic nitrogens is 3. The lowest BCUT2D eigenvalue weighted by molar-refractivity contribution is 0.218. The third-order valence-electron chi connectivity index (χ3n) is 4.10. The highest BCUT2D eigenvalue weighted by Crippen LogP contribution is 2.32. The van der Waals surface area contributed by atoms with E-state index in [1.807, 2.05) is 11.7 Å². The van der Waals surface area contributed by atoms with Crippen molar-refractivity contribution in [3.05, 3.63) is 12.2 Å². The zero-order valence-electron chi connectivity index (χ0n) is 11.0. The summed E-state index contributed by atoms with van der Waals surface area (Å²) in [5.41, 5.74) is 6.25. The molecule has 0 aromatic carbocycles. The van der Waals surface area contributed by atoms with Gasteiger partial charge in [0.1, 0.15) is 12.2 Å². The summed E-state index contributed by atoms with van der Waals surface area (Å²) in [6.45, 7) is 2.27. The topological polar surface area (TPSA) is 56.7 Å². The Morgan fingerprint density at radius 1 is 1.47 bits per heavy atom. The van der Waals surface area contributed by atoms with Gasteiger partial charge in [-0.15, -0.1) is 0 Å². The minimum Gasteiger partial charge on any atom is -0.327 e. The molecule has 0 spiro atoms. The first kappa shape index (κ1) is 12.6. The summed E-state index contributed by atoms with van der Waals surface area (Å²) in [5.74, 6) is 2.53. The second-order valence-electron chi connectivity index (χ2n) is 5.40. The highest BCUT2D eigenvalue weighted by atomic mass is 15.3. The van der Waals surface area contributed by atoms with E-state index in [0.29, 0.717) is 12.0 Å². The molecule has 17 heavy (non-hydrogen) atoms. The SMILES string of the molecule is CCCC1CCC(N)C(Cc2ncnn2C)C1. The Morgan fingerprint density at radius 2 is 2.29 bits per heavy atom. The summed E-state index contributed by atoms with van der Waals surface area (Å²) in [4.78, 5) is 4.31. The molecule has 2 N–H and O–H groups in total. The van der Waals surface area contributed by atoms with Gasteiger partial charge in [-0.1, -0.05) is 19.8 Å². The minimum absolute atomic E-state index is 0.347. The first-order valence-corrected chi connectivity index (χ1v) is 6.79. The molecule has 0 bridgehead atoms. The average Bonchev–Trinajstić information content (AvgIpc) is 2.70. The molecule has 0 aliphatic heterocycles. The zero-order valence-corrected chi connectivity index (χ0v) is 11.0. The number of nitrogens with two attached hydrogens (primary N) is 1. The van der Waals surface area contributed by atoms with Crippen LogP contribution in [0.15, 0.2) is 6.33 Å². The highest BCUT2D eigenvalue weighted by molar-refractivity contribution is 4.92. The molecule has 1 aromatic heterocycles. The second-order valence-corrected chi connectivity index (χ2v) is 5.40. The van der Waals surface area contributed by atoms with Crippen molar-refractivity contribution in [1.82, 2.24) is 14.8 Å². The number of aryl methyl sites for hydroxylation is 1. The molecular formula is C13H24N4. The van der Waals surface area contributed by atoms with Crippen LogP contribution in [0.4, 0.5) is 0 Å². The summed E-state index contributed by atoms with van der Waals surface area (Å²) in [6, 6.07) is 0.347. The first-order chi connectivity index (χ1) is 8.20. The number of hydrogen-bond acceptors (Lipinski definition) is 3. The lowest BCUT2D eigenvalue weighted by Crippen LogP contribution is -2.37. The van der Waals surface area contributed by atoms with Crippen molar-refractivity contribution in [2.24, 2.45) is 24.6 Å². The van der Waals surface area contributed by atoms with E-state index in [1.165, 1.54) is 32.1 Å². The summed E-state index contributed by atoms with van der Waals surface area (Å²) in [7, 11) is 1.96. The van der Waals surface area contributed by atoms with Crippen LogP contribution in [0.25, 0.3) is 0 Å². The van der Waals surface area contributed by atoms with Gasteiger partial charge in [-0.25, -0.2) is 4.98 Å². The van der Waals surface area contributed by atoms with E-state index in [1.54, 1.807) is 6.33 Å². The van der Waals surface area contributed by atoms with Gasteiger partial charge < -0.3 is 5.73 Å². The molecule has 1 aromatic rings. The summed E-state index contributed by atoms with van der Waals surface area (Å²) in [6.07, 6.45) is 9.00. The van der Waals surface area contributed by atoms with Crippen molar-refractivity contribution in [2.75, 3.05) is 0 Å². The fraction of sp³-hybridized carbons (Fsp3) is 0.846. The Morgan fingerprint density at radius 3 is 2.94 bits per heavy atom. The van der Waals surface area contributed by atoms with Crippen molar-refractivity contribution < 1.29 is 0 Å². The van der Waals surface area contributed by atoms with Gasteiger partial charge in [-0.05, 0) is 31.1 Å². The summed E-state index contributed by atoms with van der Waals surface area (Å²) in [5, 5.41) is 4.13. The largest absolute Gasteiger partial charge is 0.327 e. The minimum atomic E-state index is 0.347. The van der Waals surface area contributed by atoms with Crippen molar-refractivity contribution in [3.63, 3.8) is 0 Å². The number of hydrogen-bond donors (Lipinski definition) is 1. The van der Waals surface area contributed by atoms with Gasteiger partial charge in [-0.2, -0.15) is 5.10 Å². The van der Waals surface area contributed by atoms with Gasteiger partial charge in [0, 0.05) is 19.5 Å². The van der Waals surface area contributed by atoms with E-state index in [0.717, 1.165) is 18.2 Å². The fourth-order valence-corrected chi connectivity index (χ4v) is 3.03. The van der Waals surface area contributed by atoms with Crippen molar-refractivity contribution in [2.45, 2.75) is 51.5 Å². The third kappa shape index (κ3) is 3.06. The molecule has 4 heteroatoms. The molecule has 2 rings (SSSR count). The lowest BCUT2D eigenvalue weighted by atomic mass is 9.75. The van der Waals surface area contributed by atoms with Crippen LogP contribution in [-0.2, 0) is 13.5 Å². The van der Waals surface area contributed by atoms with Crippen molar-refractivity contribution in [1.29, 1.82) is 0 Å². The molecule has 1 saturated carbocycles. The lowest BCUT2D eigenvalue weighted by Gasteiger charge is -2.33. The van der Waals surface area contributed by atoms with Gasteiger partial charge in [0.15, 0.2) is 0 Å². The monoisotopic (exact) mass is 236 g/mol. The van der Waals surface area contributed by atoms with Crippen molar-refractivity contribution in [3.8, 4) is 0 Å². The molecule has 3 atom stereocenters. The maximum Gasteiger partial charge on any atom is 0.138 e. The Bertz CT molecular complexity index is 347. The molecule has 1 aliphatic rings. The highest BCUT2D eigenvalue weighted by Gasteiger charge is 2.28. The van der Waals surface area contributed by atoms with E-state index in [-0.39, 0.29) is 0 Å². The Labute approximate surface area is 104 Å². The second kappa shape index (κ2) is 5.63. The predicted molar refractivity (Wildman–Crippen MR) is 68.4 cm³/mol. The zero-order chi connectivity index (χ0) is 12.3. The molecule has 4 nitrogen and oxygen atoms in total. The van der Waals surface area contributed by atoms with Gasteiger partial charge in [0.05, 0.1) is 0 Å². The Hall–Kier alpha value is -0.900. The fourth-order valence-electron chi connectivity index (χ4n) is 3.03. The molecule has 1 fully saturated rings. The Kier molecular flexibility index (Phi) is 4.15. The third-order valence-corrected chi connectivity index (χ3v) is 4.10. The quantitative estimate of drug-likeness (QED) is 0.868. The van der Waals surface area contributed by atoms with Crippen LogP contribution >= 0.6 is 0 Å². The molecule has 96 valence electrons. The van der Waals surface area contributed by atoms with Crippen LogP contribution in [0.2, 0.25) is 0 Å². The molecule has 1 heterocycles. The number of nitrogens with zero attached hydrogens (tertiary/aromatic N) is 3. The van der Waals surface area contributed by atoms with Crippen LogP contribution in [0.1, 0.15) is 44.9 Å². The molecule has 3 unspecified atom stereocenters. The van der Waals surface area contributed by atoms with Crippen LogP contribution < -0.4 is 5.73 Å². The molecule has 0 radical (unpaired) electrons. The van der Waals surface area contributed by atoms with Crippen LogP contribution in [0.3, 0.4) is 0 Å². The Balaban J connectivity index is 1.96.